The molecule has 0 fully saturated rings. The lowest BCUT2D eigenvalue weighted by Gasteiger charge is -2.18. The van der Waals surface area contributed by atoms with Gasteiger partial charge in [0.05, 0.1) is 18.6 Å². The zero-order valence-corrected chi connectivity index (χ0v) is 13.5. The summed E-state index contributed by atoms with van der Waals surface area (Å²) >= 11 is 0. The highest BCUT2D eigenvalue weighted by Crippen LogP contribution is 2.13. The number of aryl methyl sites for hydroxylation is 1. The van der Waals surface area contributed by atoms with Crippen LogP contribution in [0.25, 0.3) is 0 Å². The van der Waals surface area contributed by atoms with E-state index in [0.29, 0.717) is 25.0 Å². The fourth-order valence-electron chi connectivity index (χ4n) is 1.52. The van der Waals surface area contributed by atoms with Gasteiger partial charge in [0.1, 0.15) is 5.60 Å². The molecule has 8 nitrogen and oxygen atoms in total. The van der Waals surface area contributed by atoms with Crippen molar-refractivity contribution >= 4 is 16.1 Å². The summed E-state index contributed by atoms with van der Waals surface area (Å²) in [5.41, 5.74) is 0.0638. The van der Waals surface area contributed by atoms with E-state index >= 15 is 0 Å². The topological polar surface area (TPSA) is 111 Å². The Morgan fingerprint density at radius 3 is 2.48 bits per heavy atom. The third-order valence-corrected chi connectivity index (χ3v) is 2.91. The first kappa shape index (κ1) is 17.6. The summed E-state index contributed by atoms with van der Waals surface area (Å²) in [6.45, 7) is 5.42. The van der Waals surface area contributed by atoms with Crippen LogP contribution in [0.15, 0.2) is 0 Å². The first-order valence-corrected chi connectivity index (χ1v) is 8.37. The summed E-state index contributed by atoms with van der Waals surface area (Å²) in [6, 6.07) is 0. The molecule has 1 aromatic rings. The first-order chi connectivity index (χ1) is 9.58. The molecule has 1 N–H and O–H groups in total. The molecule has 0 aliphatic carbocycles. The lowest BCUT2D eigenvalue weighted by molar-refractivity contribution is 0.00615. The number of aromatic nitrogens is 3. The Kier molecular flexibility index (Phi) is 5.85. The molecule has 1 aromatic heterocycles. The van der Waals surface area contributed by atoms with Gasteiger partial charge in [0.15, 0.2) is 5.69 Å². The zero-order chi connectivity index (χ0) is 16.1. The molecule has 0 amide bonds. The van der Waals surface area contributed by atoms with Gasteiger partial charge in [0, 0.05) is 0 Å². The van der Waals surface area contributed by atoms with E-state index in [1.54, 1.807) is 20.8 Å². The molecule has 120 valence electrons. The average molecular weight is 319 g/mol. The highest BCUT2D eigenvalue weighted by atomic mass is 32.2. The van der Waals surface area contributed by atoms with Gasteiger partial charge in [-0.25, -0.2) is 4.79 Å². The Labute approximate surface area is 124 Å². The molecule has 21 heavy (non-hydrogen) atoms. The summed E-state index contributed by atoms with van der Waals surface area (Å²) in [5, 5.41) is 10.1. The van der Waals surface area contributed by atoms with Crippen LogP contribution in [0.2, 0.25) is 0 Å². The van der Waals surface area contributed by atoms with Crippen molar-refractivity contribution in [3.8, 4) is 0 Å². The molecule has 0 aliphatic heterocycles. The maximum absolute atomic E-state index is 11.9. The van der Waals surface area contributed by atoms with E-state index in [0.717, 1.165) is 6.26 Å². The Morgan fingerprint density at radius 1 is 1.24 bits per heavy atom. The molecule has 0 atom stereocenters. The third-order valence-electron chi connectivity index (χ3n) is 2.32. The van der Waals surface area contributed by atoms with E-state index < -0.39 is 21.7 Å². The van der Waals surface area contributed by atoms with Crippen LogP contribution in [-0.4, -0.2) is 48.3 Å². The number of carbonyl (C=O) groups is 1. The number of rotatable bonds is 7. The SMILES string of the molecule is CC(C)(C)OC(=O)c1n[nH]nc1CCCCOS(C)(=O)=O. The quantitative estimate of drug-likeness (QED) is 0.454. The van der Waals surface area contributed by atoms with Crippen molar-refractivity contribution in [3.63, 3.8) is 0 Å². The van der Waals surface area contributed by atoms with Crippen LogP contribution < -0.4 is 0 Å². The fraction of sp³-hybridized carbons (Fsp3) is 0.750. The number of carbonyl (C=O) groups excluding carboxylic acids is 1. The van der Waals surface area contributed by atoms with E-state index in [2.05, 4.69) is 19.6 Å². The molecule has 0 aromatic carbocycles. The van der Waals surface area contributed by atoms with Crippen molar-refractivity contribution < 1.29 is 22.1 Å². The normalized spacial score (nSPS) is 12.4. The molecule has 1 rings (SSSR count). The molecular weight excluding hydrogens is 298 g/mol. The van der Waals surface area contributed by atoms with Crippen LogP contribution in [0.1, 0.15) is 49.8 Å². The van der Waals surface area contributed by atoms with Crippen molar-refractivity contribution in [2.75, 3.05) is 12.9 Å². The standard InChI is InChI=1S/C12H21N3O5S/c1-12(2,3)20-11(16)10-9(13-15-14-10)7-5-6-8-19-21(4,17)18/h5-8H2,1-4H3,(H,13,14,15). The Balaban J connectivity index is 2.47. The molecule has 0 radical (unpaired) electrons. The number of nitrogens with one attached hydrogen (secondary N) is 1. The summed E-state index contributed by atoms with van der Waals surface area (Å²) in [4.78, 5) is 11.9. The lowest BCUT2D eigenvalue weighted by Crippen LogP contribution is -2.24. The second-order valence-electron chi connectivity index (χ2n) is 5.60. The Morgan fingerprint density at radius 2 is 1.90 bits per heavy atom. The van der Waals surface area contributed by atoms with Crippen LogP contribution in [0, 0.1) is 0 Å². The molecule has 0 unspecified atom stereocenters. The molecule has 0 saturated carbocycles. The number of ether oxygens (including phenoxy) is 1. The average Bonchev–Trinajstić information content (AvgIpc) is 2.73. The molecule has 0 bridgehead atoms. The number of hydrogen-bond donors (Lipinski definition) is 1. The summed E-state index contributed by atoms with van der Waals surface area (Å²) in [5.74, 6) is -0.529. The smallest absolute Gasteiger partial charge is 0.361 e. The van der Waals surface area contributed by atoms with Gasteiger partial charge in [0.25, 0.3) is 10.1 Å². The lowest BCUT2D eigenvalue weighted by atomic mass is 10.1. The molecule has 1 heterocycles. The first-order valence-electron chi connectivity index (χ1n) is 6.56. The van der Waals surface area contributed by atoms with Gasteiger partial charge < -0.3 is 4.74 Å². The summed E-state index contributed by atoms with van der Waals surface area (Å²) in [6.07, 6.45) is 2.65. The highest BCUT2D eigenvalue weighted by molar-refractivity contribution is 7.85. The van der Waals surface area contributed by atoms with Crippen molar-refractivity contribution in [2.45, 2.75) is 45.6 Å². The zero-order valence-electron chi connectivity index (χ0n) is 12.7. The molecule has 0 saturated heterocycles. The van der Waals surface area contributed by atoms with Gasteiger partial charge in [-0.1, -0.05) is 0 Å². The maximum Gasteiger partial charge on any atom is 0.361 e. The minimum atomic E-state index is -3.41. The number of unbranched alkanes of at least 4 members (excludes halogenated alkanes) is 1. The van der Waals surface area contributed by atoms with Crippen LogP contribution in [0.4, 0.5) is 0 Å². The van der Waals surface area contributed by atoms with E-state index in [-0.39, 0.29) is 12.3 Å². The molecule has 0 aliphatic rings. The predicted molar refractivity (Wildman–Crippen MR) is 75.3 cm³/mol. The molecular formula is C12H21N3O5S. The maximum atomic E-state index is 11.9. The molecule has 0 spiro atoms. The van der Waals surface area contributed by atoms with E-state index in [1.165, 1.54) is 0 Å². The van der Waals surface area contributed by atoms with Gasteiger partial charge in [-0.05, 0) is 40.0 Å². The van der Waals surface area contributed by atoms with Gasteiger partial charge in [-0.3, -0.25) is 4.18 Å². The van der Waals surface area contributed by atoms with E-state index in [1.807, 2.05) is 0 Å². The van der Waals surface area contributed by atoms with Gasteiger partial charge in [-0.2, -0.15) is 18.7 Å². The fourth-order valence-corrected chi connectivity index (χ4v) is 1.94. The van der Waals surface area contributed by atoms with E-state index in [4.69, 9.17) is 4.74 Å². The second kappa shape index (κ2) is 6.99. The van der Waals surface area contributed by atoms with Crippen molar-refractivity contribution in [1.82, 2.24) is 15.4 Å². The van der Waals surface area contributed by atoms with Gasteiger partial charge in [-0.15, -0.1) is 5.10 Å². The summed E-state index contributed by atoms with van der Waals surface area (Å²) < 4.78 is 31.4. The van der Waals surface area contributed by atoms with Crippen LogP contribution in [0.3, 0.4) is 0 Å². The van der Waals surface area contributed by atoms with Crippen LogP contribution >= 0.6 is 0 Å². The monoisotopic (exact) mass is 319 g/mol. The van der Waals surface area contributed by atoms with Gasteiger partial charge in [0.2, 0.25) is 0 Å². The third kappa shape index (κ3) is 7.19. The van der Waals surface area contributed by atoms with Crippen molar-refractivity contribution in [2.24, 2.45) is 0 Å². The van der Waals surface area contributed by atoms with E-state index in [9.17, 15) is 13.2 Å². The predicted octanol–water partition coefficient (Wildman–Crippen LogP) is 1.06. The summed E-state index contributed by atoms with van der Waals surface area (Å²) in [7, 11) is -3.41. The van der Waals surface area contributed by atoms with Crippen molar-refractivity contribution in [1.29, 1.82) is 0 Å². The largest absolute Gasteiger partial charge is 0.455 e. The number of hydrogen-bond acceptors (Lipinski definition) is 7. The Bertz CT molecular complexity index is 574. The number of H-pyrrole nitrogens is 1. The highest BCUT2D eigenvalue weighted by Gasteiger charge is 2.23. The molecule has 9 heteroatoms. The van der Waals surface area contributed by atoms with Crippen LogP contribution in [0.5, 0.6) is 0 Å². The number of nitrogens with zero attached hydrogens (tertiary/aromatic N) is 2. The second-order valence-corrected chi connectivity index (χ2v) is 7.25. The Hall–Kier alpha value is -1.48. The van der Waals surface area contributed by atoms with Gasteiger partial charge >= 0.3 is 5.97 Å². The van der Waals surface area contributed by atoms with Crippen molar-refractivity contribution in [3.05, 3.63) is 11.4 Å². The number of esters is 1. The van der Waals surface area contributed by atoms with Crippen LogP contribution in [-0.2, 0) is 25.5 Å². The number of aromatic amines is 1. The minimum absolute atomic E-state index is 0.110. The minimum Gasteiger partial charge on any atom is -0.455 e.